The van der Waals surface area contributed by atoms with Crippen LogP contribution < -0.4 is 5.73 Å². The average molecular weight is 281 g/mol. The number of aryl methyl sites for hydroxylation is 1. The first-order valence-corrected chi connectivity index (χ1v) is 6.44. The Balaban J connectivity index is 2.16. The highest BCUT2D eigenvalue weighted by Gasteiger charge is 2.13. The Morgan fingerprint density at radius 1 is 1.22 bits per heavy atom. The fraction of sp³-hybridized carbons (Fsp3) is 0.214. The van der Waals surface area contributed by atoms with Gasteiger partial charge in [-0.05, 0) is 25.0 Å². The van der Waals surface area contributed by atoms with Crippen LogP contribution >= 0.6 is 23.2 Å². The first kappa shape index (κ1) is 13.3. The van der Waals surface area contributed by atoms with Gasteiger partial charge in [0.05, 0.1) is 21.8 Å². The largest absolute Gasteiger partial charge is 0.322 e. The van der Waals surface area contributed by atoms with Crippen molar-refractivity contribution in [1.29, 1.82) is 0 Å². The number of halogens is 2. The second kappa shape index (κ2) is 5.70. The summed E-state index contributed by atoms with van der Waals surface area (Å²) in [5, 5.41) is 1.04. The molecular formula is C14H14Cl2N2. The van der Waals surface area contributed by atoms with Gasteiger partial charge in [-0.1, -0.05) is 53.0 Å². The minimum Gasteiger partial charge on any atom is -0.322 e. The Morgan fingerprint density at radius 2 is 1.89 bits per heavy atom. The van der Waals surface area contributed by atoms with Crippen molar-refractivity contribution in [3.8, 4) is 0 Å². The molecule has 1 aromatic carbocycles. The molecule has 1 unspecified atom stereocenters. The van der Waals surface area contributed by atoms with Crippen LogP contribution in [0.3, 0.4) is 0 Å². The van der Waals surface area contributed by atoms with Crippen molar-refractivity contribution in [2.24, 2.45) is 5.73 Å². The summed E-state index contributed by atoms with van der Waals surface area (Å²) < 4.78 is 0. The Labute approximate surface area is 117 Å². The van der Waals surface area contributed by atoms with Crippen LogP contribution in [0.15, 0.2) is 36.5 Å². The van der Waals surface area contributed by atoms with Gasteiger partial charge < -0.3 is 5.73 Å². The second-order valence-corrected chi connectivity index (χ2v) is 5.16. The molecule has 0 spiro atoms. The van der Waals surface area contributed by atoms with E-state index in [1.54, 1.807) is 12.3 Å². The molecule has 18 heavy (non-hydrogen) atoms. The molecule has 2 aromatic rings. The molecule has 94 valence electrons. The molecule has 0 aliphatic heterocycles. The zero-order chi connectivity index (χ0) is 13.1. The Morgan fingerprint density at radius 3 is 2.50 bits per heavy atom. The predicted molar refractivity (Wildman–Crippen MR) is 76.1 cm³/mol. The third-order valence-electron chi connectivity index (χ3n) is 2.76. The number of hydrogen-bond donors (Lipinski definition) is 1. The van der Waals surface area contributed by atoms with Gasteiger partial charge in [0.2, 0.25) is 0 Å². The highest BCUT2D eigenvalue weighted by molar-refractivity contribution is 6.34. The van der Waals surface area contributed by atoms with Crippen LogP contribution in [-0.4, -0.2) is 4.98 Å². The van der Waals surface area contributed by atoms with Gasteiger partial charge in [0.15, 0.2) is 0 Å². The molecule has 2 rings (SSSR count). The molecule has 0 radical (unpaired) electrons. The second-order valence-electron chi connectivity index (χ2n) is 4.32. The van der Waals surface area contributed by atoms with E-state index in [4.69, 9.17) is 28.9 Å². The van der Waals surface area contributed by atoms with Crippen molar-refractivity contribution in [2.45, 2.75) is 19.4 Å². The van der Waals surface area contributed by atoms with Crippen LogP contribution in [0.25, 0.3) is 0 Å². The zero-order valence-corrected chi connectivity index (χ0v) is 11.5. The summed E-state index contributed by atoms with van der Waals surface area (Å²) in [4.78, 5) is 4.20. The molecule has 2 nitrogen and oxygen atoms in total. The highest BCUT2D eigenvalue weighted by atomic mass is 35.5. The molecule has 1 aromatic heterocycles. The molecule has 0 amide bonds. The van der Waals surface area contributed by atoms with Gasteiger partial charge >= 0.3 is 0 Å². The maximum absolute atomic E-state index is 6.13. The fourth-order valence-electron chi connectivity index (χ4n) is 1.77. The summed E-state index contributed by atoms with van der Waals surface area (Å²) in [6, 6.07) is 9.72. The van der Waals surface area contributed by atoms with E-state index in [-0.39, 0.29) is 6.04 Å². The molecule has 0 bridgehead atoms. The molecule has 4 heteroatoms. The number of benzene rings is 1. The first-order valence-electron chi connectivity index (χ1n) is 5.68. The Hall–Kier alpha value is -1.09. The van der Waals surface area contributed by atoms with E-state index in [2.05, 4.69) is 36.2 Å². The Kier molecular flexibility index (Phi) is 4.23. The van der Waals surface area contributed by atoms with Gasteiger partial charge in [0, 0.05) is 6.20 Å². The van der Waals surface area contributed by atoms with Crippen molar-refractivity contribution in [2.75, 3.05) is 0 Å². The summed E-state index contributed by atoms with van der Waals surface area (Å²) in [7, 11) is 0. The topological polar surface area (TPSA) is 38.9 Å². The van der Waals surface area contributed by atoms with Gasteiger partial charge in [-0.2, -0.15) is 0 Å². The quantitative estimate of drug-likeness (QED) is 0.925. The maximum Gasteiger partial charge on any atom is 0.0761 e. The van der Waals surface area contributed by atoms with Crippen LogP contribution in [-0.2, 0) is 6.42 Å². The molecule has 1 heterocycles. The lowest BCUT2D eigenvalue weighted by Gasteiger charge is -2.13. The normalized spacial score (nSPS) is 12.4. The predicted octanol–water partition coefficient (Wildman–Crippen LogP) is 3.94. The minimum absolute atomic E-state index is 0.225. The fourth-order valence-corrected chi connectivity index (χ4v) is 2.29. The summed E-state index contributed by atoms with van der Waals surface area (Å²) >= 11 is 11.9. The number of nitrogens with zero attached hydrogens (tertiary/aromatic N) is 1. The van der Waals surface area contributed by atoms with Gasteiger partial charge in [0.25, 0.3) is 0 Å². The summed E-state index contributed by atoms with van der Waals surface area (Å²) in [6.07, 6.45) is 2.27. The van der Waals surface area contributed by atoms with E-state index < -0.39 is 0 Å². The third-order valence-corrected chi connectivity index (χ3v) is 3.27. The first-order chi connectivity index (χ1) is 8.56. The maximum atomic E-state index is 6.13. The summed E-state index contributed by atoms with van der Waals surface area (Å²) in [5.74, 6) is 0. The number of hydrogen-bond acceptors (Lipinski definition) is 2. The molecule has 0 saturated carbocycles. The van der Waals surface area contributed by atoms with Crippen molar-refractivity contribution >= 4 is 23.2 Å². The number of rotatable bonds is 3. The van der Waals surface area contributed by atoms with E-state index >= 15 is 0 Å². The van der Waals surface area contributed by atoms with Crippen LogP contribution in [0.5, 0.6) is 0 Å². The Bertz CT molecular complexity index is 538. The van der Waals surface area contributed by atoms with E-state index in [1.807, 2.05) is 0 Å². The SMILES string of the molecule is Cc1ccc(CC(N)c2ncc(Cl)cc2Cl)cc1. The summed E-state index contributed by atoms with van der Waals surface area (Å²) in [6.45, 7) is 2.06. The monoisotopic (exact) mass is 280 g/mol. The third kappa shape index (κ3) is 3.22. The minimum atomic E-state index is -0.225. The smallest absolute Gasteiger partial charge is 0.0761 e. The van der Waals surface area contributed by atoms with E-state index in [1.165, 1.54) is 11.1 Å². The molecule has 0 fully saturated rings. The van der Waals surface area contributed by atoms with Crippen LogP contribution in [0.2, 0.25) is 10.0 Å². The van der Waals surface area contributed by atoms with Crippen molar-refractivity contribution in [3.63, 3.8) is 0 Å². The highest BCUT2D eigenvalue weighted by Crippen LogP contribution is 2.24. The molecule has 0 aliphatic rings. The summed E-state index contributed by atoms with van der Waals surface area (Å²) in [5.41, 5.74) is 9.21. The van der Waals surface area contributed by atoms with Gasteiger partial charge in [-0.15, -0.1) is 0 Å². The lowest BCUT2D eigenvalue weighted by molar-refractivity contribution is 0.697. The standard InChI is InChI=1S/C14H14Cl2N2/c1-9-2-4-10(5-3-9)6-13(17)14-12(16)7-11(15)8-18-14/h2-5,7-8,13H,6,17H2,1H3. The number of aromatic nitrogens is 1. The number of pyridine rings is 1. The lowest BCUT2D eigenvalue weighted by atomic mass is 10.0. The molecule has 0 saturated heterocycles. The van der Waals surface area contributed by atoms with Gasteiger partial charge in [-0.3, -0.25) is 4.98 Å². The van der Waals surface area contributed by atoms with E-state index in [0.29, 0.717) is 22.2 Å². The number of nitrogens with two attached hydrogens (primary N) is 1. The molecule has 0 aliphatic carbocycles. The van der Waals surface area contributed by atoms with Gasteiger partial charge in [-0.25, -0.2) is 0 Å². The van der Waals surface area contributed by atoms with Gasteiger partial charge in [0.1, 0.15) is 0 Å². The average Bonchev–Trinajstić information content (AvgIpc) is 2.32. The van der Waals surface area contributed by atoms with E-state index in [0.717, 1.165) is 0 Å². The van der Waals surface area contributed by atoms with Crippen molar-refractivity contribution < 1.29 is 0 Å². The van der Waals surface area contributed by atoms with Crippen LogP contribution in [0, 0.1) is 6.92 Å². The zero-order valence-electron chi connectivity index (χ0n) is 10.0. The van der Waals surface area contributed by atoms with Crippen LogP contribution in [0.1, 0.15) is 22.9 Å². The van der Waals surface area contributed by atoms with Crippen molar-refractivity contribution in [3.05, 3.63) is 63.4 Å². The molecule has 2 N–H and O–H groups in total. The molecular weight excluding hydrogens is 267 g/mol. The van der Waals surface area contributed by atoms with Crippen LogP contribution in [0.4, 0.5) is 0 Å². The van der Waals surface area contributed by atoms with Crippen molar-refractivity contribution in [1.82, 2.24) is 4.98 Å². The lowest BCUT2D eigenvalue weighted by Crippen LogP contribution is -2.15. The van der Waals surface area contributed by atoms with E-state index in [9.17, 15) is 0 Å². The molecule has 1 atom stereocenters.